The third kappa shape index (κ3) is 2.27. The van der Waals surface area contributed by atoms with Gasteiger partial charge in [0.2, 0.25) is 0 Å². The first-order chi connectivity index (χ1) is 11.6. The highest BCUT2D eigenvalue weighted by Gasteiger charge is 2.41. The molecule has 2 nitrogen and oxygen atoms in total. The highest BCUT2D eigenvalue weighted by atomic mass is 19.1. The Morgan fingerprint density at radius 3 is 2.58 bits per heavy atom. The van der Waals surface area contributed by atoms with Gasteiger partial charge in [0.15, 0.2) is 5.78 Å². The van der Waals surface area contributed by atoms with Crippen molar-refractivity contribution in [1.82, 2.24) is 0 Å². The molecule has 2 aliphatic rings. The first-order valence-corrected chi connectivity index (χ1v) is 8.39. The van der Waals surface area contributed by atoms with E-state index < -0.39 is 0 Å². The van der Waals surface area contributed by atoms with Gasteiger partial charge in [0.25, 0.3) is 0 Å². The molecule has 0 saturated heterocycles. The highest BCUT2D eigenvalue weighted by molar-refractivity contribution is 6.23. The normalized spacial score (nSPS) is 23.0. The van der Waals surface area contributed by atoms with Crippen LogP contribution in [0.3, 0.4) is 0 Å². The number of aliphatic hydroxyl groups is 1. The van der Waals surface area contributed by atoms with E-state index in [4.69, 9.17) is 0 Å². The zero-order chi connectivity index (χ0) is 16.8. The summed E-state index contributed by atoms with van der Waals surface area (Å²) in [5.41, 5.74) is 3.33. The van der Waals surface area contributed by atoms with Crippen molar-refractivity contribution in [3.8, 4) is 11.1 Å². The lowest BCUT2D eigenvalue weighted by atomic mass is 9.81. The van der Waals surface area contributed by atoms with E-state index in [1.807, 2.05) is 25.1 Å². The van der Waals surface area contributed by atoms with Crippen molar-refractivity contribution in [2.75, 3.05) is 0 Å². The van der Waals surface area contributed by atoms with Gasteiger partial charge in [-0.05, 0) is 55.0 Å². The van der Waals surface area contributed by atoms with E-state index in [1.54, 1.807) is 18.2 Å². The molecule has 2 atom stereocenters. The molecular weight excluding hydrogens is 303 g/mol. The lowest BCUT2D eigenvalue weighted by Gasteiger charge is -2.23. The number of benzene rings is 2. The van der Waals surface area contributed by atoms with Crippen LogP contribution in [0.25, 0.3) is 16.7 Å². The molecule has 2 aliphatic carbocycles. The van der Waals surface area contributed by atoms with Crippen LogP contribution in [0.5, 0.6) is 0 Å². The Morgan fingerprint density at radius 1 is 1.04 bits per heavy atom. The number of allylic oxidation sites excluding steroid dienone is 2. The summed E-state index contributed by atoms with van der Waals surface area (Å²) in [4.78, 5) is 12.8. The molecule has 122 valence electrons. The summed E-state index contributed by atoms with van der Waals surface area (Å²) >= 11 is 0. The fraction of sp³-hybridized carbons (Fsp3) is 0.286. The number of aryl methyl sites for hydroxylation is 1. The molecule has 0 unspecified atom stereocenters. The van der Waals surface area contributed by atoms with Crippen LogP contribution >= 0.6 is 0 Å². The van der Waals surface area contributed by atoms with Crippen LogP contribution in [0.15, 0.2) is 48.2 Å². The summed E-state index contributed by atoms with van der Waals surface area (Å²) in [5, 5.41) is 10.6. The first-order valence-electron chi connectivity index (χ1n) is 8.39. The predicted molar refractivity (Wildman–Crippen MR) is 92.0 cm³/mol. The number of carbonyl (C=O) groups is 1. The maximum atomic E-state index is 14.1. The quantitative estimate of drug-likeness (QED) is 0.838. The molecule has 2 bridgehead atoms. The average Bonchev–Trinajstić information content (AvgIpc) is 3.03. The predicted octanol–water partition coefficient (Wildman–Crippen LogP) is 5.07. The number of hydrogen-bond donors (Lipinski definition) is 1. The van der Waals surface area contributed by atoms with Crippen molar-refractivity contribution < 1.29 is 14.3 Å². The van der Waals surface area contributed by atoms with E-state index in [9.17, 15) is 14.3 Å². The molecule has 1 saturated carbocycles. The number of hydrogen-bond acceptors (Lipinski definition) is 2. The molecule has 0 spiro atoms. The third-order valence-corrected chi connectivity index (χ3v) is 5.38. The second kappa shape index (κ2) is 5.59. The summed E-state index contributed by atoms with van der Waals surface area (Å²) in [7, 11) is 0. The second-order valence-corrected chi connectivity index (χ2v) is 6.84. The Balaban J connectivity index is 1.87. The smallest absolute Gasteiger partial charge is 0.169 e. The Hall–Kier alpha value is -2.42. The standard InChI is InChI=1S/C21H19FO2/c1-12-6-7-13(16-4-2-3-5-18(16)22)11-17(12)19-20(23)14-8-9-15(10-14)21(19)24/h2-7,11,14-15,23H,8-10H2,1H3/t14-,15+/m0/s1. The van der Waals surface area contributed by atoms with E-state index >= 15 is 0 Å². The molecule has 0 amide bonds. The molecular formula is C21H19FO2. The molecule has 1 fully saturated rings. The molecule has 2 aromatic rings. The lowest BCUT2D eigenvalue weighted by molar-refractivity contribution is -0.117. The topological polar surface area (TPSA) is 37.3 Å². The zero-order valence-electron chi connectivity index (χ0n) is 13.6. The maximum Gasteiger partial charge on any atom is 0.169 e. The summed E-state index contributed by atoms with van der Waals surface area (Å²) < 4.78 is 14.1. The number of aliphatic hydroxyl groups excluding tert-OH is 1. The van der Waals surface area contributed by atoms with E-state index in [2.05, 4.69) is 0 Å². The van der Waals surface area contributed by atoms with Crippen molar-refractivity contribution >= 4 is 11.4 Å². The van der Waals surface area contributed by atoms with E-state index in [0.717, 1.165) is 36.0 Å². The van der Waals surface area contributed by atoms with Crippen LogP contribution < -0.4 is 0 Å². The van der Waals surface area contributed by atoms with Crippen LogP contribution in [0.1, 0.15) is 30.4 Å². The van der Waals surface area contributed by atoms with Crippen LogP contribution in [0.2, 0.25) is 0 Å². The number of Topliss-reactive ketones (excluding diaryl/α,β-unsaturated/α-hetero) is 1. The zero-order valence-corrected chi connectivity index (χ0v) is 13.6. The summed E-state index contributed by atoms with van der Waals surface area (Å²) in [6.45, 7) is 1.92. The molecule has 4 rings (SSSR count). The Kier molecular flexibility index (Phi) is 3.52. The van der Waals surface area contributed by atoms with Crippen molar-refractivity contribution in [3.05, 3.63) is 65.2 Å². The summed E-state index contributed by atoms with van der Waals surface area (Å²) in [6.07, 6.45) is 2.49. The number of ketones is 1. The summed E-state index contributed by atoms with van der Waals surface area (Å²) in [5.74, 6) is 0.0924. The number of fused-ring (bicyclic) bond motifs is 2. The van der Waals surface area contributed by atoms with Crippen LogP contribution in [-0.4, -0.2) is 10.9 Å². The van der Waals surface area contributed by atoms with Crippen molar-refractivity contribution in [2.45, 2.75) is 26.2 Å². The number of carbonyl (C=O) groups excluding carboxylic acids is 1. The average molecular weight is 322 g/mol. The van der Waals surface area contributed by atoms with Gasteiger partial charge in [-0.25, -0.2) is 4.39 Å². The Labute approximate surface area is 140 Å². The van der Waals surface area contributed by atoms with Gasteiger partial charge in [0, 0.05) is 17.4 Å². The molecule has 2 aromatic carbocycles. The van der Waals surface area contributed by atoms with Gasteiger partial charge in [0.1, 0.15) is 11.6 Å². The van der Waals surface area contributed by atoms with Gasteiger partial charge in [-0.1, -0.05) is 30.3 Å². The van der Waals surface area contributed by atoms with Gasteiger partial charge < -0.3 is 5.11 Å². The first kappa shape index (κ1) is 15.1. The lowest BCUT2D eigenvalue weighted by Crippen LogP contribution is -2.21. The SMILES string of the molecule is Cc1ccc(-c2ccccc2F)cc1C1=C(O)[C@H]2CC[C@H](C2)C1=O. The summed E-state index contributed by atoms with van der Waals surface area (Å²) in [6, 6.07) is 12.2. The van der Waals surface area contributed by atoms with Gasteiger partial charge in [-0.15, -0.1) is 0 Å². The maximum absolute atomic E-state index is 14.1. The third-order valence-electron chi connectivity index (χ3n) is 5.38. The monoisotopic (exact) mass is 322 g/mol. The molecule has 1 N–H and O–H groups in total. The fourth-order valence-corrected chi connectivity index (χ4v) is 4.03. The fourth-order valence-electron chi connectivity index (χ4n) is 4.03. The van der Waals surface area contributed by atoms with Crippen LogP contribution in [0.4, 0.5) is 4.39 Å². The van der Waals surface area contributed by atoms with Crippen molar-refractivity contribution in [3.63, 3.8) is 0 Å². The van der Waals surface area contributed by atoms with E-state index in [1.165, 1.54) is 6.07 Å². The van der Waals surface area contributed by atoms with Gasteiger partial charge in [-0.2, -0.15) is 0 Å². The Bertz CT molecular complexity index is 866. The van der Waals surface area contributed by atoms with Gasteiger partial charge in [0.05, 0.1) is 5.57 Å². The molecule has 0 radical (unpaired) electrons. The van der Waals surface area contributed by atoms with Crippen molar-refractivity contribution in [2.24, 2.45) is 11.8 Å². The number of rotatable bonds is 2. The minimum Gasteiger partial charge on any atom is -0.511 e. The van der Waals surface area contributed by atoms with Gasteiger partial charge in [-0.3, -0.25) is 4.79 Å². The van der Waals surface area contributed by atoms with Crippen LogP contribution in [0, 0.1) is 24.6 Å². The minimum atomic E-state index is -0.291. The van der Waals surface area contributed by atoms with E-state index in [-0.39, 0.29) is 29.2 Å². The largest absolute Gasteiger partial charge is 0.511 e. The molecule has 24 heavy (non-hydrogen) atoms. The number of halogens is 1. The van der Waals surface area contributed by atoms with E-state index in [0.29, 0.717) is 11.1 Å². The highest BCUT2D eigenvalue weighted by Crippen LogP contribution is 2.46. The second-order valence-electron chi connectivity index (χ2n) is 6.84. The molecule has 3 heteroatoms. The molecule has 0 aliphatic heterocycles. The van der Waals surface area contributed by atoms with Gasteiger partial charge >= 0.3 is 0 Å². The van der Waals surface area contributed by atoms with Crippen molar-refractivity contribution in [1.29, 1.82) is 0 Å². The molecule has 0 aromatic heterocycles. The Morgan fingerprint density at radius 2 is 1.79 bits per heavy atom. The molecule has 0 heterocycles. The van der Waals surface area contributed by atoms with Crippen LogP contribution in [-0.2, 0) is 4.79 Å². The minimum absolute atomic E-state index is 0.0254.